The lowest BCUT2D eigenvalue weighted by Crippen LogP contribution is -2.31. The van der Waals surface area contributed by atoms with E-state index < -0.39 is 28.6 Å². The molecule has 2 aromatic rings. The van der Waals surface area contributed by atoms with Gasteiger partial charge in [-0.1, -0.05) is 6.07 Å². The van der Waals surface area contributed by atoms with Crippen molar-refractivity contribution in [2.24, 2.45) is 0 Å². The fourth-order valence-corrected chi connectivity index (χ4v) is 1.96. The molecular weight excluding hydrogens is 308 g/mol. The van der Waals surface area contributed by atoms with E-state index in [9.17, 15) is 23.7 Å². The van der Waals surface area contributed by atoms with Crippen LogP contribution in [0, 0.1) is 21.7 Å². The molecule has 1 atom stereocenters. The lowest BCUT2D eigenvalue weighted by Gasteiger charge is -2.15. The van der Waals surface area contributed by atoms with Crippen molar-refractivity contribution in [2.75, 3.05) is 5.32 Å². The van der Waals surface area contributed by atoms with Gasteiger partial charge in [-0.25, -0.2) is 13.6 Å². The first-order valence-electron chi connectivity index (χ1n) is 6.63. The van der Waals surface area contributed by atoms with Crippen LogP contribution in [-0.2, 0) is 0 Å². The topological polar surface area (TPSA) is 84.3 Å². The Morgan fingerprint density at radius 1 is 1.17 bits per heavy atom. The van der Waals surface area contributed by atoms with E-state index in [2.05, 4.69) is 10.6 Å². The van der Waals surface area contributed by atoms with Crippen molar-refractivity contribution in [2.45, 2.75) is 13.0 Å². The first-order chi connectivity index (χ1) is 10.9. The highest BCUT2D eigenvalue weighted by Crippen LogP contribution is 2.19. The molecule has 2 amide bonds. The van der Waals surface area contributed by atoms with Gasteiger partial charge in [-0.2, -0.15) is 0 Å². The van der Waals surface area contributed by atoms with Gasteiger partial charge in [0.15, 0.2) is 0 Å². The van der Waals surface area contributed by atoms with E-state index in [4.69, 9.17) is 0 Å². The number of carbonyl (C=O) groups excluding carboxylic acids is 1. The van der Waals surface area contributed by atoms with Crippen molar-refractivity contribution in [1.82, 2.24) is 5.32 Å². The molecule has 0 heterocycles. The number of urea groups is 1. The molecule has 0 bridgehead atoms. The normalized spacial score (nSPS) is 11.6. The second kappa shape index (κ2) is 6.82. The van der Waals surface area contributed by atoms with Crippen molar-refractivity contribution < 1.29 is 18.5 Å². The summed E-state index contributed by atoms with van der Waals surface area (Å²) in [6.07, 6.45) is 0. The van der Waals surface area contributed by atoms with Crippen LogP contribution in [0.4, 0.5) is 25.0 Å². The third kappa shape index (κ3) is 4.22. The van der Waals surface area contributed by atoms with Gasteiger partial charge >= 0.3 is 6.03 Å². The minimum Gasteiger partial charge on any atom is -0.331 e. The number of amides is 2. The Kier molecular flexibility index (Phi) is 4.85. The van der Waals surface area contributed by atoms with E-state index in [0.29, 0.717) is 5.69 Å². The van der Waals surface area contributed by atoms with E-state index in [-0.39, 0.29) is 11.3 Å². The number of benzene rings is 2. The van der Waals surface area contributed by atoms with Crippen molar-refractivity contribution in [3.05, 3.63) is 69.8 Å². The molecule has 1 unspecified atom stereocenters. The Hall–Kier alpha value is -3.03. The number of nitrogens with zero attached hydrogens (tertiary/aromatic N) is 1. The van der Waals surface area contributed by atoms with Crippen molar-refractivity contribution in [3.8, 4) is 0 Å². The van der Waals surface area contributed by atoms with Crippen LogP contribution in [-0.4, -0.2) is 11.0 Å². The summed E-state index contributed by atoms with van der Waals surface area (Å²) in [7, 11) is 0. The number of halogens is 2. The van der Waals surface area contributed by atoms with Gasteiger partial charge in [-0.05, 0) is 25.1 Å². The monoisotopic (exact) mass is 321 g/mol. The summed E-state index contributed by atoms with van der Waals surface area (Å²) in [6, 6.07) is 7.04. The number of carbonyl (C=O) groups is 1. The molecule has 0 spiro atoms. The molecule has 6 nitrogen and oxygen atoms in total. The number of nitro benzene ring substituents is 1. The van der Waals surface area contributed by atoms with Crippen LogP contribution in [0.5, 0.6) is 0 Å². The molecule has 0 saturated heterocycles. The second-order valence-electron chi connectivity index (χ2n) is 4.79. The molecule has 0 aromatic heterocycles. The summed E-state index contributed by atoms with van der Waals surface area (Å²) in [5, 5.41) is 15.5. The third-order valence-electron chi connectivity index (χ3n) is 3.11. The smallest absolute Gasteiger partial charge is 0.319 e. The predicted molar refractivity (Wildman–Crippen MR) is 80.0 cm³/mol. The Morgan fingerprint density at radius 3 is 2.39 bits per heavy atom. The van der Waals surface area contributed by atoms with Crippen LogP contribution in [0.3, 0.4) is 0 Å². The number of hydrogen-bond donors (Lipinski definition) is 2. The first kappa shape index (κ1) is 16.3. The molecular formula is C15H13F2N3O3. The highest BCUT2D eigenvalue weighted by molar-refractivity contribution is 5.89. The van der Waals surface area contributed by atoms with Gasteiger partial charge in [0.2, 0.25) is 0 Å². The molecule has 0 aliphatic heterocycles. The van der Waals surface area contributed by atoms with Crippen LogP contribution in [0.2, 0.25) is 0 Å². The Morgan fingerprint density at radius 2 is 1.83 bits per heavy atom. The molecule has 0 aliphatic rings. The number of anilines is 1. The summed E-state index contributed by atoms with van der Waals surface area (Å²) in [5.74, 6) is -1.46. The maximum absolute atomic E-state index is 13.6. The standard InChI is InChI=1S/C15H13F2N3O3/c1-9(13-7-2-10(16)8-14(13)17)18-15(21)19-11-3-5-12(6-4-11)20(22)23/h2-9H,1H3,(H2,18,19,21). The van der Waals surface area contributed by atoms with Gasteiger partial charge < -0.3 is 10.6 Å². The van der Waals surface area contributed by atoms with E-state index in [1.54, 1.807) is 6.92 Å². The Bertz CT molecular complexity index is 735. The quantitative estimate of drug-likeness (QED) is 0.664. The van der Waals surface area contributed by atoms with Gasteiger partial charge in [0.1, 0.15) is 11.6 Å². The predicted octanol–water partition coefficient (Wildman–Crippen LogP) is 3.76. The zero-order valence-corrected chi connectivity index (χ0v) is 12.0. The van der Waals surface area contributed by atoms with Gasteiger partial charge in [0.05, 0.1) is 11.0 Å². The molecule has 0 saturated carbocycles. The second-order valence-corrected chi connectivity index (χ2v) is 4.79. The minimum atomic E-state index is -0.756. The van der Waals surface area contributed by atoms with Crippen molar-refractivity contribution in [1.29, 1.82) is 0 Å². The first-order valence-corrected chi connectivity index (χ1v) is 6.63. The summed E-state index contributed by atoms with van der Waals surface area (Å²) < 4.78 is 26.5. The third-order valence-corrected chi connectivity index (χ3v) is 3.11. The van der Waals surface area contributed by atoms with Crippen LogP contribution in [0.25, 0.3) is 0 Å². The number of rotatable bonds is 4. The molecule has 23 heavy (non-hydrogen) atoms. The molecule has 2 aromatic carbocycles. The molecule has 120 valence electrons. The summed E-state index contributed by atoms with van der Waals surface area (Å²) in [5.41, 5.74) is 0.392. The zero-order valence-electron chi connectivity index (χ0n) is 12.0. The average Bonchev–Trinajstić information content (AvgIpc) is 2.47. The highest BCUT2D eigenvalue weighted by atomic mass is 19.1. The highest BCUT2D eigenvalue weighted by Gasteiger charge is 2.14. The lowest BCUT2D eigenvalue weighted by molar-refractivity contribution is -0.384. The zero-order chi connectivity index (χ0) is 17.0. The molecule has 0 radical (unpaired) electrons. The van der Waals surface area contributed by atoms with Crippen LogP contribution >= 0.6 is 0 Å². The maximum Gasteiger partial charge on any atom is 0.319 e. The Labute approximate surface area is 130 Å². The van der Waals surface area contributed by atoms with Gasteiger partial charge in [-0.15, -0.1) is 0 Å². The number of nitrogens with one attached hydrogen (secondary N) is 2. The van der Waals surface area contributed by atoms with E-state index in [1.807, 2.05) is 0 Å². The minimum absolute atomic E-state index is 0.0993. The number of hydrogen-bond acceptors (Lipinski definition) is 3. The van der Waals surface area contributed by atoms with Gasteiger partial charge in [-0.3, -0.25) is 10.1 Å². The number of nitro groups is 1. The Balaban J connectivity index is 1.99. The van der Waals surface area contributed by atoms with Crippen molar-refractivity contribution in [3.63, 3.8) is 0 Å². The summed E-state index contributed by atoms with van der Waals surface area (Å²) >= 11 is 0. The molecule has 0 fully saturated rings. The SMILES string of the molecule is CC(NC(=O)Nc1ccc([N+](=O)[O-])cc1)c1ccc(F)cc1F. The van der Waals surface area contributed by atoms with E-state index in [1.165, 1.54) is 30.3 Å². The maximum atomic E-state index is 13.6. The molecule has 2 N–H and O–H groups in total. The summed E-state index contributed by atoms with van der Waals surface area (Å²) in [6.45, 7) is 1.55. The summed E-state index contributed by atoms with van der Waals surface area (Å²) in [4.78, 5) is 21.8. The molecule has 8 heteroatoms. The van der Waals surface area contributed by atoms with Crippen LogP contribution in [0.15, 0.2) is 42.5 Å². The molecule has 2 rings (SSSR count). The van der Waals surface area contributed by atoms with Gasteiger partial charge in [0.25, 0.3) is 5.69 Å². The average molecular weight is 321 g/mol. The van der Waals surface area contributed by atoms with Gasteiger partial charge in [0, 0.05) is 29.4 Å². The fraction of sp³-hybridized carbons (Fsp3) is 0.133. The fourth-order valence-electron chi connectivity index (χ4n) is 1.96. The van der Waals surface area contributed by atoms with E-state index >= 15 is 0 Å². The molecule has 0 aliphatic carbocycles. The number of non-ortho nitro benzene ring substituents is 1. The van der Waals surface area contributed by atoms with Crippen LogP contribution < -0.4 is 10.6 Å². The lowest BCUT2D eigenvalue weighted by atomic mass is 10.1. The van der Waals surface area contributed by atoms with E-state index in [0.717, 1.165) is 12.1 Å². The van der Waals surface area contributed by atoms with Crippen LogP contribution in [0.1, 0.15) is 18.5 Å². The van der Waals surface area contributed by atoms with Crippen molar-refractivity contribution >= 4 is 17.4 Å². The largest absolute Gasteiger partial charge is 0.331 e.